The maximum atomic E-state index is 10.8. The molecule has 0 aromatic heterocycles. The average Bonchev–Trinajstić information content (AvgIpc) is 2.01. The monoisotopic (exact) mass is 208 g/mol. The molecule has 0 saturated carbocycles. The SMILES string of the molecule is Cc1cc([Si](C)(C)C)ccc1C(=O)O. The van der Waals surface area contributed by atoms with Crippen LogP contribution in [0.5, 0.6) is 0 Å². The Morgan fingerprint density at radius 2 is 1.86 bits per heavy atom. The molecule has 2 nitrogen and oxygen atoms in total. The third-order valence-corrected chi connectivity index (χ3v) is 4.37. The molecule has 0 fully saturated rings. The molecule has 1 aromatic carbocycles. The van der Waals surface area contributed by atoms with Gasteiger partial charge in [-0.25, -0.2) is 4.79 Å². The summed E-state index contributed by atoms with van der Waals surface area (Å²) in [5.41, 5.74) is 1.27. The fourth-order valence-corrected chi connectivity index (χ4v) is 2.60. The molecular weight excluding hydrogens is 192 g/mol. The van der Waals surface area contributed by atoms with E-state index < -0.39 is 14.0 Å². The summed E-state index contributed by atoms with van der Waals surface area (Å²) in [6.07, 6.45) is 0. The lowest BCUT2D eigenvalue weighted by Gasteiger charge is -2.17. The number of carboxylic acid groups (broad SMARTS) is 1. The Hall–Kier alpha value is -1.09. The van der Waals surface area contributed by atoms with Crippen LogP contribution >= 0.6 is 0 Å². The van der Waals surface area contributed by atoms with E-state index in [1.54, 1.807) is 6.07 Å². The third-order valence-electron chi connectivity index (χ3n) is 2.32. The van der Waals surface area contributed by atoms with Crippen LogP contribution in [0.1, 0.15) is 15.9 Å². The minimum absolute atomic E-state index is 0.409. The molecule has 14 heavy (non-hydrogen) atoms. The van der Waals surface area contributed by atoms with Gasteiger partial charge in [-0.05, 0) is 18.6 Å². The minimum Gasteiger partial charge on any atom is -0.478 e. The van der Waals surface area contributed by atoms with Gasteiger partial charge in [0.05, 0.1) is 13.6 Å². The summed E-state index contributed by atoms with van der Waals surface area (Å²) in [7, 11) is -1.32. The molecule has 0 unspecified atom stereocenters. The van der Waals surface area contributed by atoms with Crippen LogP contribution in [-0.4, -0.2) is 19.1 Å². The lowest BCUT2D eigenvalue weighted by atomic mass is 10.1. The number of aryl methyl sites for hydroxylation is 1. The van der Waals surface area contributed by atoms with Crippen molar-refractivity contribution in [2.75, 3.05) is 0 Å². The Morgan fingerprint density at radius 1 is 1.29 bits per heavy atom. The zero-order valence-electron chi connectivity index (χ0n) is 9.09. The van der Waals surface area contributed by atoms with Gasteiger partial charge in [0.15, 0.2) is 0 Å². The van der Waals surface area contributed by atoms with Gasteiger partial charge in [0.25, 0.3) is 0 Å². The molecule has 0 atom stereocenters. The lowest BCUT2D eigenvalue weighted by Crippen LogP contribution is -2.37. The van der Waals surface area contributed by atoms with Crippen molar-refractivity contribution in [3.8, 4) is 0 Å². The molecule has 1 aromatic rings. The molecule has 0 heterocycles. The maximum absolute atomic E-state index is 10.8. The molecule has 3 heteroatoms. The first-order valence-electron chi connectivity index (χ1n) is 4.67. The van der Waals surface area contributed by atoms with Crippen LogP contribution in [-0.2, 0) is 0 Å². The first-order chi connectivity index (χ1) is 6.32. The van der Waals surface area contributed by atoms with Gasteiger partial charge < -0.3 is 5.11 Å². The molecule has 1 N–H and O–H groups in total. The van der Waals surface area contributed by atoms with Crippen LogP contribution in [0.3, 0.4) is 0 Å². The number of hydrogen-bond donors (Lipinski definition) is 1. The Bertz CT molecular complexity index is 364. The number of benzene rings is 1. The van der Waals surface area contributed by atoms with Gasteiger partial charge in [0, 0.05) is 0 Å². The Labute approximate surface area is 85.6 Å². The molecule has 0 aliphatic carbocycles. The Balaban J connectivity index is 3.20. The number of aromatic carboxylic acids is 1. The maximum Gasteiger partial charge on any atom is 0.335 e. The van der Waals surface area contributed by atoms with Gasteiger partial charge in [-0.1, -0.05) is 37.0 Å². The molecule has 0 aliphatic heterocycles. The molecule has 0 bridgehead atoms. The highest BCUT2D eigenvalue weighted by Gasteiger charge is 2.17. The molecule has 76 valence electrons. The van der Waals surface area contributed by atoms with Crippen LogP contribution < -0.4 is 5.19 Å². The van der Waals surface area contributed by atoms with E-state index in [9.17, 15) is 4.79 Å². The fraction of sp³-hybridized carbons (Fsp3) is 0.364. The van der Waals surface area contributed by atoms with Gasteiger partial charge in [-0.3, -0.25) is 0 Å². The van der Waals surface area contributed by atoms with Crippen molar-refractivity contribution in [2.45, 2.75) is 26.6 Å². The highest BCUT2D eigenvalue weighted by atomic mass is 28.3. The summed E-state index contributed by atoms with van der Waals surface area (Å²) < 4.78 is 0. The van der Waals surface area contributed by atoms with E-state index in [0.29, 0.717) is 5.56 Å². The quantitative estimate of drug-likeness (QED) is 0.757. The van der Waals surface area contributed by atoms with Crippen molar-refractivity contribution in [1.82, 2.24) is 0 Å². The van der Waals surface area contributed by atoms with Gasteiger partial charge in [0.2, 0.25) is 0 Å². The van der Waals surface area contributed by atoms with E-state index >= 15 is 0 Å². The standard InChI is InChI=1S/C11H16O2Si/c1-8-7-9(14(2,3)4)5-6-10(8)11(12)13/h5-7H,1-4H3,(H,12,13). The third kappa shape index (κ3) is 2.23. The predicted octanol–water partition coefficient (Wildman–Crippen LogP) is 2.24. The molecule has 0 aliphatic rings. The second-order valence-corrected chi connectivity index (χ2v) is 9.66. The van der Waals surface area contributed by atoms with Crippen molar-refractivity contribution in [2.24, 2.45) is 0 Å². The van der Waals surface area contributed by atoms with Crippen molar-refractivity contribution >= 4 is 19.2 Å². The average molecular weight is 208 g/mol. The summed E-state index contributed by atoms with van der Waals surface area (Å²) in [5, 5.41) is 10.2. The fourth-order valence-electron chi connectivity index (χ4n) is 1.37. The van der Waals surface area contributed by atoms with E-state index in [2.05, 4.69) is 19.6 Å². The van der Waals surface area contributed by atoms with Crippen LogP contribution in [0.25, 0.3) is 0 Å². The molecular formula is C11H16O2Si. The van der Waals surface area contributed by atoms with Crippen LogP contribution in [0.15, 0.2) is 18.2 Å². The van der Waals surface area contributed by atoms with E-state index in [1.807, 2.05) is 19.1 Å². The van der Waals surface area contributed by atoms with E-state index in [0.717, 1.165) is 5.56 Å². The van der Waals surface area contributed by atoms with E-state index in [-0.39, 0.29) is 0 Å². The van der Waals surface area contributed by atoms with E-state index in [1.165, 1.54) is 5.19 Å². The second kappa shape index (κ2) is 3.57. The molecule has 0 spiro atoms. The zero-order chi connectivity index (χ0) is 10.9. The van der Waals surface area contributed by atoms with Crippen molar-refractivity contribution in [1.29, 1.82) is 0 Å². The molecule has 0 amide bonds. The van der Waals surface area contributed by atoms with Gasteiger partial charge in [-0.2, -0.15) is 0 Å². The molecule has 0 saturated heterocycles. The summed E-state index contributed by atoms with van der Waals surface area (Å²) in [5.74, 6) is -0.843. The van der Waals surface area contributed by atoms with Crippen molar-refractivity contribution < 1.29 is 9.90 Å². The zero-order valence-corrected chi connectivity index (χ0v) is 10.1. The largest absolute Gasteiger partial charge is 0.478 e. The number of carboxylic acids is 1. The summed E-state index contributed by atoms with van der Waals surface area (Å²) in [4.78, 5) is 10.8. The lowest BCUT2D eigenvalue weighted by molar-refractivity contribution is 0.0696. The Kier molecular flexibility index (Phi) is 2.80. The minimum atomic E-state index is -1.32. The highest BCUT2D eigenvalue weighted by molar-refractivity contribution is 6.88. The van der Waals surface area contributed by atoms with Gasteiger partial charge >= 0.3 is 5.97 Å². The number of hydrogen-bond acceptors (Lipinski definition) is 1. The highest BCUT2D eigenvalue weighted by Crippen LogP contribution is 2.09. The topological polar surface area (TPSA) is 37.3 Å². The van der Waals surface area contributed by atoms with Crippen LogP contribution in [0.4, 0.5) is 0 Å². The van der Waals surface area contributed by atoms with Gasteiger partial charge in [0.1, 0.15) is 0 Å². The summed E-state index contributed by atoms with van der Waals surface area (Å²) in [6.45, 7) is 8.61. The van der Waals surface area contributed by atoms with Crippen molar-refractivity contribution in [3.05, 3.63) is 29.3 Å². The van der Waals surface area contributed by atoms with Gasteiger partial charge in [-0.15, -0.1) is 0 Å². The summed E-state index contributed by atoms with van der Waals surface area (Å²) >= 11 is 0. The van der Waals surface area contributed by atoms with E-state index in [4.69, 9.17) is 5.11 Å². The number of carbonyl (C=O) groups is 1. The first kappa shape index (κ1) is 11.0. The van der Waals surface area contributed by atoms with Crippen LogP contribution in [0, 0.1) is 6.92 Å². The normalized spacial score (nSPS) is 11.4. The molecule has 1 rings (SSSR count). The molecule has 0 radical (unpaired) electrons. The summed E-state index contributed by atoms with van der Waals surface area (Å²) in [6, 6.07) is 5.67. The second-order valence-electron chi connectivity index (χ2n) is 4.58. The van der Waals surface area contributed by atoms with Crippen molar-refractivity contribution in [3.63, 3.8) is 0 Å². The first-order valence-corrected chi connectivity index (χ1v) is 8.17. The number of rotatable bonds is 2. The Morgan fingerprint density at radius 3 is 2.21 bits per heavy atom. The smallest absolute Gasteiger partial charge is 0.335 e. The van der Waals surface area contributed by atoms with Crippen LogP contribution in [0.2, 0.25) is 19.6 Å². The predicted molar refractivity (Wildman–Crippen MR) is 61.1 cm³/mol.